The van der Waals surface area contributed by atoms with E-state index < -0.39 is 0 Å². The van der Waals surface area contributed by atoms with Crippen LogP contribution in [0, 0.1) is 0 Å². The lowest BCUT2D eigenvalue weighted by Crippen LogP contribution is -2.18. The zero-order chi connectivity index (χ0) is 55.2. The number of fused-ring (bicyclic) bond motifs is 6. The van der Waals surface area contributed by atoms with Crippen molar-refractivity contribution in [1.82, 2.24) is 0 Å². The van der Waals surface area contributed by atoms with Gasteiger partial charge in [-0.15, -0.1) is 0 Å². The van der Waals surface area contributed by atoms with E-state index in [2.05, 4.69) is 330 Å². The molecule has 0 spiro atoms. The summed E-state index contributed by atoms with van der Waals surface area (Å²) in [5.41, 5.74) is 28.8. The number of benzene rings is 11. The fourth-order valence-corrected chi connectivity index (χ4v) is 12.9. The Kier molecular flexibility index (Phi) is 13.2. The molecule has 0 unspecified atom stereocenters. The third-order valence-corrected chi connectivity index (χ3v) is 17.1. The maximum atomic E-state index is 2.56. The van der Waals surface area contributed by atoms with Gasteiger partial charge in [0.15, 0.2) is 0 Å². The zero-order valence-electron chi connectivity index (χ0n) is 47.2. The molecule has 392 valence electrons. The first-order valence-electron chi connectivity index (χ1n) is 28.7. The van der Waals surface area contributed by atoms with Crippen LogP contribution >= 0.6 is 0 Å². The van der Waals surface area contributed by atoms with Crippen molar-refractivity contribution in [3.05, 3.63) is 307 Å². The van der Waals surface area contributed by atoms with Gasteiger partial charge in [-0.3, -0.25) is 0 Å². The largest absolute Gasteiger partial charge is 0.310 e. The molecule has 0 saturated carbocycles. The van der Waals surface area contributed by atoms with Gasteiger partial charge in [-0.25, -0.2) is 0 Å². The Morgan fingerprint density at radius 1 is 0.333 bits per heavy atom. The average molecular weight is 1040 g/mol. The molecule has 2 aliphatic rings. The monoisotopic (exact) mass is 1040 g/mol. The van der Waals surface area contributed by atoms with E-state index in [1.54, 1.807) is 0 Å². The second kappa shape index (κ2) is 20.9. The lowest BCUT2D eigenvalue weighted by atomic mass is 9.77. The number of hydrogen-bond donors (Lipinski definition) is 0. The Morgan fingerprint density at radius 3 is 1.16 bits per heavy atom. The van der Waals surface area contributed by atoms with Gasteiger partial charge in [-0.1, -0.05) is 229 Å². The SMILES string of the molecule is C/C=C(\C=C/CC)c1ccc(N(c2ccc(-c3ccccc3)cc2)c2cc(-c3ccccc3)c3c(c2)-c2cc4c(cc2C3(C)C)-c2ccc(N(c3ccc(-c5ccccc5)cc3)c3ccc(-c5ccccc5)cc3)cc2C4(C)C)cc1. The predicted molar refractivity (Wildman–Crippen MR) is 346 cm³/mol. The number of rotatable bonds is 13. The minimum atomic E-state index is -0.302. The van der Waals surface area contributed by atoms with E-state index in [0.29, 0.717) is 0 Å². The van der Waals surface area contributed by atoms with E-state index >= 15 is 0 Å². The minimum absolute atomic E-state index is 0.297. The van der Waals surface area contributed by atoms with Gasteiger partial charge in [0, 0.05) is 45.0 Å². The fourth-order valence-electron chi connectivity index (χ4n) is 12.9. The molecule has 0 heterocycles. The predicted octanol–water partition coefficient (Wildman–Crippen LogP) is 22.3. The van der Waals surface area contributed by atoms with E-state index in [1.807, 2.05) is 0 Å². The third-order valence-electron chi connectivity index (χ3n) is 17.1. The van der Waals surface area contributed by atoms with Crippen molar-refractivity contribution in [2.45, 2.75) is 58.8 Å². The van der Waals surface area contributed by atoms with E-state index in [0.717, 1.165) is 40.5 Å². The summed E-state index contributed by atoms with van der Waals surface area (Å²) in [5, 5.41) is 0. The summed E-state index contributed by atoms with van der Waals surface area (Å²) in [6.07, 6.45) is 7.67. The van der Waals surface area contributed by atoms with E-state index in [-0.39, 0.29) is 10.8 Å². The van der Waals surface area contributed by atoms with Crippen molar-refractivity contribution in [2.75, 3.05) is 9.80 Å². The molecule has 11 aromatic carbocycles. The molecule has 11 aromatic rings. The third kappa shape index (κ3) is 9.21. The first-order chi connectivity index (χ1) is 39.6. The Bertz CT molecular complexity index is 4050. The molecular weight excluding hydrogens is 977 g/mol. The number of hydrogen-bond acceptors (Lipinski definition) is 2. The highest BCUT2D eigenvalue weighted by Crippen LogP contribution is 2.59. The summed E-state index contributed by atoms with van der Waals surface area (Å²) in [4.78, 5) is 4.88. The first-order valence-corrected chi connectivity index (χ1v) is 28.7. The Hall–Kier alpha value is -9.50. The summed E-state index contributed by atoms with van der Waals surface area (Å²) in [5.74, 6) is 0. The van der Waals surface area contributed by atoms with Crippen LogP contribution in [0.1, 0.15) is 75.8 Å². The molecule has 0 aromatic heterocycles. The van der Waals surface area contributed by atoms with E-state index in [1.165, 1.54) is 100 Å². The lowest BCUT2D eigenvalue weighted by molar-refractivity contribution is 0.653. The molecule has 0 N–H and O–H groups in total. The second-order valence-corrected chi connectivity index (χ2v) is 22.7. The van der Waals surface area contributed by atoms with E-state index in [9.17, 15) is 0 Å². The molecular formula is C79H66N2. The van der Waals surface area contributed by atoms with Crippen LogP contribution < -0.4 is 9.80 Å². The van der Waals surface area contributed by atoms with Gasteiger partial charge in [0.25, 0.3) is 0 Å². The topological polar surface area (TPSA) is 6.48 Å². The Morgan fingerprint density at radius 2 is 0.704 bits per heavy atom. The van der Waals surface area contributed by atoms with Crippen LogP contribution in [0.15, 0.2) is 279 Å². The zero-order valence-corrected chi connectivity index (χ0v) is 47.2. The Balaban J connectivity index is 0.942. The van der Waals surface area contributed by atoms with Gasteiger partial charge in [-0.2, -0.15) is 0 Å². The van der Waals surface area contributed by atoms with Gasteiger partial charge in [0.1, 0.15) is 0 Å². The summed E-state index contributed by atoms with van der Waals surface area (Å²) in [7, 11) is 0. The normalized spacial score (nSPS) is 13.6. The number of nitrogens with zero attached hydrogens (tertiary/aromatic N) is 2. The molecule has 13 rings (SSSR count). The fraction of sp³-hybridized carbons (Fsp3) is 0.114. The van der Waals surface area contributed by atoms with Crippen LogP contribution in [0.4, 0.5) is 34.1 Å². The molecule has 0 atom stereocenters. The van der Waals surface area contributed by atoms with Crippen molar-refractivity contribution in [3.8, 4) is 66.8 Å². The highest BCUT2D eigenvalue weighted by molar-refractivity contribution is 5.97. The molecule has 0 fully saturated rings. The maximum absolute atomic E-state index is 2.56. The van der Waals surface area contributed by atoms with Crippen molar-refractivity contribution in [1.29, 1.82) is 0 Å². The van der Waals surface area contributed by atoms with Crippen LogP contribution in [0.3, 0.4) is 0 Å². The van der Waals surface area contributed by atoms with Gasteiger partial charge in [0.05, 0.1) is 0 Å². The van der Waals surface area contributed by atoms with Gasteiger partial charge >= 0.3 is 0 Å². The standard InChI is InChI=1S/C79H66N2/c1-7-9-22-54(8-2)58-31-39-65(40-32-58)81(66-45-37-61(38-46-66)57-27-18-12-19-28-57)68-49-70(62-29-20-13-21-30-62)77-73(50-68)72-53-75-71(52-76(72)79(77,5)6)69-48-47-67(51-74(69)78(75,3)4)80(63-41-33-59(34-42-63)55-23-14-10-15-24-55)64-43-35-60(36-44-64)56-25-16-11-17-26-56/h8-53H,7H2,1-6H3/b22-9-,54-8+. The molecule has 2 nitrogen and oxygen atoms in total. The number of anilines is 6. The summed E-state index contributed by atoms with van der Waals surface area (Å²) in [6, 6.07) is 96.6. The summed E-state index contributed by atoms with van der Waals surface area (Å²) >= 11 is 0. The van der Waals surface area contributed by atoms with Crippen LogP contribution in [-0.2, 0) is 10.8 Å². The molecule has 0 saturated heterocycles. The van der Waals surface area contributed by atoms with Crippen LogP contribution in [0.2, 0.25) is 0 Å². The van der Waals surface area contributed by atoms with Crippen molar-refractivity contribution in [3.63, 3.8) is 0 Å². The molecule has 2 aliphatic carbocycles. The van der Waals surface area contributed by atoms with Gasteiger partial charge in [0.2, 0.25) is 0 Å². The van der Waals surface area contributed by atoms with Crippen LogP contribution in [-0.4, -0.2) is 0 Å². The maximum Gasteiger partial charge on any atom is 0.0474 e. The second-order valence-electron chi connectivity index (χ2n) is 22.7. The van der Waals surface area contributed by atoms with Crippen molar-refractivity contribution in [2.24, 2.45) is 0 Å². The highest BCUT2D eigenvalue weighted by atomic mass is 15.1. The molecule has 0 aliphatic heterocycles. The van der Waals surface area contributed by atoms with Crippen LogP contribution in [0.5, 0.6) is 0 Å². The molecule has 81 heavy (non-hydrogen) atoms. The smallest absolute Gasteiger partial charge is 0.0474 e. The average Bonchev–Trinajstić information content (AvgIpc) is 4.14. The Labute approximate surface area is 479 Å². The highest BCUT2D eigenvalue weighted by Gasteiger charge is 2.43. The molecule has 2 heteroatoms. The molecule has 0 radical (unpaired) electrons. The lowest BCUT2D eigenvalue weighted by Gasteiger charge is -2.29. The van der Waals surface area contributed by atoms with Crippen molar-refractivity contribution >= 4 is 39.7 Å². The molecule has 0 amide bonds. The summed E-state index contributed by atoms with van der Waals surface area (Å²) in [6.45, 7) is 14.0. The van der Waals surface area contributed by atoms with Crippen LogP contribution in [0.25, 0.3) is 72.3 Å². The molecule has 0 bridgehead atoms. The first kappa shape index (κ1) is 51.0. The summed E-state index contributed by atoms with van der Waals surface area (Å²) < 4.78 is 0. The van der Waals surface area contributed by atoms with Gasteiger partial charge < -0.3 is 9.80 Å². The van der Waals surface area contributed by atoms with Gasteiger partial charge in [-0.05, 0) is 198 Å². The quantitative estimate of drug-likeness (QED) is 0.106. The van der Waals surface area contributed by atoms with E-state index in [4.69, 9.17) is 0 Å². The minimum Gasteiger partial charge on any atom is -0.310 e. The van der Waals surface area contributed by atoms with Crippen molar-refractivity contribution < 1.29 is 0 Å². The number of allylic oxidation sites excluding steroid dienone is 4.